The first-order valence-electron chi connectivity index (χ1n) is 9.52. The summed E-state index contributed by atoms with van der Waals surface area (Å²) in [5, 5.41) is 28.8. The zero-order valence-corrected chi connectivity index (χ0v) is 17.7. The van der Waals surface area contributed by atoms with Gasteiger partial charge in [-0.15, -0.1) is 0 Å². The summed E-state index contributed by atoms with van der Waals surface area (Å²) in [6.45, 7) is 2.05. The Kier molecular flexibility index (Phi) is 10.7. The van der Waals surface area contributed by atoms with E-state index in [0.717, 1.165) is 11.1 Å². The molecule has 0 aliphatic carbocycles. The number of carbonyl (C=O) groups excluding carboxylic acids is 2. The minimum atomic E-state index is -1.21. The second-order valence-electron chi connectivity index (χ2n) is 7.54. The van der Waals surface area contributed by atoms with Crippen molar-refractivity contribution in [2.24, 2.45) is 5.73 Å². The Morgan fingerprint density at radius 3 is 1.47 bits per heavy atom. The van der Waals surface area contributed by atoms with E-state index in [1.165, 1.54) is 0 Å². The topological polar surface area (TPSA) is 130 Å². The molecule has 4 N–H and O–H groups in total. The van der Waals surface area contributed by atoms with Crippen molar-refractivity contribution in [1.82, 2.24) is 10.6 Å². The molecule has 0 bridgehead atoms. The van der Waals surface area contributed by atoms with Crippen LogP contribution < -0.4 is 26.6 Å². The van der Waals surface area contributed by atoms with E-state index < -0.39 is 29.6 Å². The molecule has 2 aromatic rings. The van der Waals surface area contributed by atoms with E-state index in [4.69, 9.17) is 5.73 Å². The first-order valence-corrected chi connectivity index (χ1v) is 9.52. The largest absolute Gasteiger partial charge is 2.00 e. The Morgan fingerprint density at radius 2 is 1.17 bits per heavy atom. The van der Waals surface area contributed by atoms with Gasteiger partial charge in [-0.25, -0.2) is 0 Å². The van der Waals surface area contributed by atoms with Crippen LogP contribution in [0.5, 0.6) is 0 Å². The average molecular weight is 461 g/mol. The second-order valence-corrected chi connectivity index (χ2v) is 7.54. The van der Waals surface area contributed by atoms with Gasteiger partial charge in [-0.3, -0.25) is 0 Å². The van der Waals surface area contributed by atoms with Gasteiger partial charge in [0.2, 0.25) is 0 Å². The van der Waals surface area contributed by atoms with Crippen LogP contribution in [0.2, 0.25) is 0 Å². The van der Waals surface area contributed by atoms with Gasteiger partial charge < -0.3 is 36.2 Å². The fraction of sp³-hybridized carbons (Fsp3) is 0.364. The number of hydrogen-bond acceptors (Lipinski definition) is 7. The van der Waals surface area contributed by atoms with Gasteiger partial charge in [0.1, 0.15) is 0 Å². The van der Waals surface area contributed by atoms with E-state index in [9.17, 15) is 19.8 Å². The molecule has 0 spiro atoms. The van der Waals surface area contributed by atoms with Gasteiger partial charge in [-0.1, -0.05) is 60.7 Å². The first-order chi connectivity index (χ1) is 13.8. The maximum atomic E-state index is 11.5. The van der Waals surface area contributed by atoms with Crippen molar-refractivity contribution in [2.75, 3.05) is 13.1 Å². The third-order valence-electron chi connectivity index (χ3n) is 4.64. The number of carboxylic acids is 2. The molecule has 0 unspecified atom stereocenters. The van der Waals surface area contributed by atoms with Crippen molar-refractivity contribution in [3.05, 3.63) is 71.8 Å². The number of benzene rings is 2. The molecule has 0 aliphatic heterocycles. The molecule has 30 heavy (non-hydrogen) atoms. The summed E-state index contributed by atoms with van der Waals surface area (Å²) in [4.78, 5) is 22.9. The molecule has 0 saturated heterocycles. The molecule has 2 atom stereocenters. The molecular formula is C22H27CuN3O4. The third kappa shape index (κ3) is 9.07. The average Bonchev–Trinajstić information content (AvgIpc) is 2.69. The minimum absolute atomic E-state index is 0. The van der Waals surface area contributed by atoms with Crippen LogP contribution in [0.25, 0.3) is 0 Å². The standard InChI is InChI=1S/C22H29N3O4.Cu/c1-22(23,14-24-18(20(26)27)12-16-8-4-2-5-9-16)15-25-19(21(28)29)13-17-10-6-3-7-11-17;/h2-11,18-19,24-25H,12-15,23H2,1H3,(H,26,27)(H,28,29);/q;+2/p-2/t18-,19-;/m0./s1. The second kappa shape index (κ2) is 12.5. The van der Waals surface area contributed by atoms with Gasteiger partial charge in [-0.2, -0.15) is 0 Å². The Labute approximate surface area is 187 Å². The quantitative estimate of drug-likeness (QED) is 0.332. The van der Waals surface area contributed by atoms with Crippen LogP contribution in [0.1, 0.15) is 18.1 Å². The van der Waals surface area contributed by atoms with E-state index in [-0.39, 0.29) is 43.0 Å². The molecule has 1 radical (unpaired) electrons. The van der Waals surface area contributed by atoms with Gasteiger partial charge in [0, 0.05) is 18.6 Å². The van der Waals surface area contributed by atoms with Gasteiger partial charge in [0.25, 0.3) is 0 Å². The molecule has 0 heterocycles. The molecule has 0 aromatic heterocycles. The smallest absolute Gasteiger partial charge is 0.548 e. The maximum Gasteiger partial charge on any atom is 2.00 e. The van der Waals surface area contributed by atoms with E-state index in [0.29, 0.717) is 0 Å². The molecule has 0 amide bonds. The van der Waals surface area contributed by atoms with Gasteiger partial charge in [-0.05, 0) is 30.9 Å². The molecule has 165 valence electrons. The number of nitrogens with two attached hydrogens (primary N) is 1. The Hall–Kier alpha value is -2.22. The maximum absolute atomic E-state index is 11.5. The van der Waals surface area contributed by atoms with Gasteiger partial charge >= 0.3 is 17.1 Å². The van der Waals surface area contributed by atoms with Crippen molar-refractivity contribution in [3.63, 3.8) is 0 Å². The zero-order chi connectivity index (χ0) is 21.3. The van der Waals surface area contributed by atoms with Gasteiger partial charge in [0.05, 0.1) is 24.0 Å². The number of aliphatic carboxylic acids is 2. The van der Waals surface area contributed by atoms with E-state index in [1.54, 1.807) is 6.92 Å². The Bertz CT molecular complexity index is 722. The molecule has 8 heteroatoms. The Balaban J connectivity index is 0.00000450. The SMILES string of the molecule is CC(N)(CN[C@@H](Cc1ccccc1)C(=O)[O-])CN[C@@H](Cc1ccccc1)C(=O)[O-].[Cu+2]. The van der Waals surface area contributed by atoms with Crippen LogP contribution in [0, 0.1) is 0 Å². The van der Waals surface area contributed by atoms with E-state index >= 15 is 0 Å². The van der Waals surface area contributed by atoms with Crippen molar-refractivity contribution in [2.45, 2.75) is 37.4 Å². The number of carbonyl (C=O) groups is 2. The fourth-order valence-electron chi connectivity index (χ4n) is 2.95. The Morgan fingerprint density at radius 1 is 0.833 bits per heavy atom. The van der Waals surface area contributed by atoms with Crippen molar-refractivity contribution >= 4 is 11.9 Å². The summed E-state index contributed by atoms with van der Waals surface area (Å²) in [6, 6.07) is 16.6. The number of hydrogen-bond donors (Lipinski definition) is 3. The normalized spacial score (nSPS) is 13.1. The predicted octanol–water partition coefficient (Wildman–Crippen LogP) is -1.40. The van der Waals surface area contributed by atoms with E-state index in [2.05, 4.69) is 10.6 Å². The summed E-state index contributed by atoms with van der Waals surface area (Å²) in [7, 11) is 0. The molecular weight excluding hydrogens is 434 g/mol. The minimum Gasteiger partial charge on any atom is -0.548 e. The molecule has 0 aliphatic rings. The van der Waals surface area contributed by atoms with Crippen LogP contribution in [-0.2, 0) is 39.5 Å². The van der Waals surface area contributed by atoms with Crippen molar-refractivity contribution < 1.29 is 36.9 Å². The number of carboxylic acid groups (broad SMARTS) is 2. The van der Waals surface area contributed by atoms with Crippen LogP contribution in [0.4, 0.5) is 0 Å². The summed E-state index contributed by atoms with van der Waals surface area (Å²) in [6.07, 6.45) is 0.532. The van der Waals surface area contributed by atoms with Crippen LogP contribution in [0.3, 0.4) is 0 Å². The van der Waals surface area contributed by atoms with Gasteiger partial charge in [0.15, 0.2) is 0 Å². The summed E-state index contributed by atoms with van der Waals surface area (Å²) in [5.41, 5.74) is 7.10. The number of nitrogens with one attached hydrogen (secondary N) is 2. The van der Waals surface area contributed by atoms with Crippen molar-refractivity contribution in [1.29, 1.82) is 0 Å². The van der Waals surface area contributed by atoms with Crippen LogP contribution in [0.15, 0.2) is 60.7 Å². The third-order valence-corrected chi connectivity index (χ3v) is 4.64. The molecule has 0 saturated carbocycles. The summed E-state index contributed by atoms with van der Waals surface area (Å²) in [5.74, 6) is -2.43. The summed E-state index contributed by atoms with van der Waals surface area (Å²) < 4.78 is 0. The molecule has 2 aromatic carbocycles. The number of rotatable bonds is 12. The first kappa shape index (κ1) is 25.8. The predicted molar refractivity (Wildman–Crippen MR) is 106 cm³/mol. The van der Waals surface area contributed by atoms with E-state index in [1.807, 2.05) is 60.7 Å². The zero-order valence-electron chi connectivity index (χ0n) is 16.8. The van der Waals surface area contributed by atoms with Crippen molar-refractivity contribution in [3.8, 4) is 0 Å². The van der Waals surface area contributed by atoms with Crippen LogP contribution >= 0.6 is 0 Å². The fourth-order valence-corrected chi connectivity index (χ4v) is 2.95. The molecule has 2 rings (SSSR count). The molecule has 7 nitrogen and oxygen atoms in total. The summed E-state index contributed by atoms with van der Waals surface area (Å²) >= 11 is 0. The van der Waals surface area contributed by atoms with Crippen LogP contribution in [-0.4, -0.2) is 42.7 Å². The monoisotopic (exact) mass is 460 g/mol. The molecule has 0 fully saturated rings.